The number of benzene rings is 14. The molecule has 14 aromatic carbocycles. The number of hydrazine groups is 1. The normalized spacial score (nSPS) is 9.14. The molecule has 0 aliphatic carbocycles. The number of amides is 2. The smallest absolute Gasteiger partial charge is 1.00 e. The van der Waals surface area contributed by atoms with E-state index in [2.05, 4.69) is 434 Å². The standard InChI is InChI=1S/C17H16BrN3O2S.C15H14BrNOS.C13H10BrN3S.C12H8BrNS.C11H8Br2.C11H9Br.C11H10.C4H7ClO2.CH4N2O.CHNS.CH2O3.4CH4.2BHNS.FH.K.2Na.H2.H/c1-2-23-16(22)10-24-17-20-19-11-21(17)9-12-7-8-15(18)14-6-4-3-5-13(12)14;16-15-8-6-11(5-7-12(19)9-17-10-18)13-3-1-2-4-14(13)15;14-12-6-5-9(7-17-8-15-16-13(17)18)10-3-1-2-4-11(10)12;13-12-6-5-9(7-15-8-14)10-3-1-2-4-11(10)12;12-7-8-5-6-11(13)10-4-2-1-3-9(8)10;1-8-6-7-11(12)10-5-3-2-4-9(8)10;1-9-5-4-7-10-6-2-3-8-11(9)10;1-2-7-4(6)3-5;2-3-1-4;2-1-3;2-1-4-3;;;;;2*1-2-3;;;;;;/h3-8,11H,2,9-10H2,1H3;1-4,6,8,10H,5,7,9H2,(H,17,18);1-6,8H,7H2,(H,16,18);1-6H,7H2;1-6H,7H2;2-7H,1H3;2-8H,1H3;2-3H2,1H3;1H,2H2,(H,3,4);3H;1,3H;4*1H4;2*3H;1H;;;;1H;/q;;;;;;;;;;;;;;;;;;3*+1;;-1/p-2/i;;;;;;;;;;;;;;;;;;;;;1+1;. The van der Waals surface area contributed by atoms with Gasteiger partial charge in [-0.1, -0.05) is 395 Å². The number of thiocyanates is 2. The Balaban J connectivity index is -0.000000297. The average molecular weight is 2600 g/mol. The summed E-state index contributed by atoms with van der Waals surface area (Å²) in [6, 6.07) is 89.8. The zero-order chi connectivity index (χ0) is 100.0. The summed E-state index contributed by atoms with van der Waals surface area (Å²) < 4.78 is 26.0. The van der Waals surface area contributed by atoms with E-state index >= 15 is 0 Å². The molecule has 0 spiro atoms. The van der Waals surface area contributed by atoms with Crippen molar-refractivity contribution in [2.45, 2.75) is 99.6 Å². The summed E-state index contributed by atoms with van der Waals surface area (Å²) in [6.07, 6.45) is 6.19. The summed E-state index contributed by atoms with van der Waals surface area (Å²) in [5.74, 6) is 4.73. The van der Waals surface area contributed by atoms with Gasteiger partial charge in [0.15, 0.2) is 9.93 Å². The second-order valence-corrected chi connectivity index (χ2v) is 36.1. The number of carbonyl (C=O) groups excluding carboxylic acids is 5. The molecule has 0 saturated heterocycles. The van der Waals surface area contributed by atoms with Crippen LogP contribution in [0.4, 0.5) is 4.70 Å². The van der Waals surface area contributed by atoms with Crippen LogP contribution in [0.1, 0.15) is 91.8 Å². The number of aromatic nitrogens is 6. The second kappa shape index (κ2) is 88.0. The minimum Gasteiger partial charge on any atom is -1.00 e. The molecule has 0 atom stereocenters. The predicted octanol–water partition coefficient (Wildman–Crippen LogP) is 19.6. The van der Waals surface area contributed by atoms with Gasteiger partial charge in [-0.2, -0.15) is 10.4 Å². The molecule has 0 unspecified atom stereocenters. The second-order valence-electron chi connectivity index (χ2n) is 26.9. The van der Waals surface area contributed by atoms with Gasteiger partial charge in [-0.25, -0.2) is 11.1 Å². The number of nitrogens with zero attached hydrogens (tertiary/aromatic N) is 9. The minimum atomic E-state index is -0.357. The molecule has 2 aromatic heterocycles. The molecule has 2 amide bonds. The number of nitrogens with one attached hydrogen (secondary N) is 3. The van der Waals surface area contributed by atoms with Gasteiger partial charge in [0, 0.05) is 50.8 Å². The molecule has 16 rings (SSSR count). The van der Waals surface area contributed by atoms with Crippen molar-refractivity contribution in [3.63, 3.8) is 0 Å². The first-order valence-corrected chi connectivity index (χ1v) is 50.6. The van der Waals surface area contributed by atoms with Gasteiger partial charge in [-0.3, -0.25) is 39.2 Å². The van der Waals surface area contributed by atoms with E-state index in [0.29, 0.717) is 49.1 Å². The molecule has 22 nitrogen and oxygen atoms in total. The fourth-order valence-electron chi connectivity index (χ4n) is 12.5. The zero-order valence-corrected chi connectivity index (χ0v) is 102. The van der Waals surface area contributed by atoms with Gasteiger partial charge < -0.3 is 48.1 Å². The Hall–Kier alpha value is -5.69. The van der Waals surface area contributed by atoms with Crippen LogP contribution in [0, 0.1) is 39.9 Å². The number of hydrogen-bond donors (Lipinski definition) is 6. The fourth-order valence-corrected chi connectivity index (χ4v) is 17.5. The number of rotatable bonds is 21. The van der Waals surface area contributed by atoms with Crippen molar-refractivity contribution < 1.29 is 162 Å². The summed E-state index contributed by atoms with van der Waals surface area (Å²) in [4.78, 5) is 52.9. The monoisotopic (exact) mass is 2590 g/mol. The number of halogens is 9. The van der Waals surface area contributed by atoms with Crippen molar-refractivity contribution in [1.82, 2.24) is 40.3 Å². The number of thioether (sulfide) groups is 2. The van der Waals surface area contributed by atoms with E-state index < -0.39 is 0 Å². The quantitative estimate of drug-likeness (QED) is 0.00311. The maximum absolute atomic E-state index is 11.5. The van der Waals surface area contributed by atoms with E-state index in [-0.39, 0.29) is 178 Å². The molecule has 0 saturated carbocycles. The van der Waals surface area contributed by atoms with Crippen LogP contribution in [-0.4, -0.2) is 112 Å². The predicted molar refractivity (Wildman–Crippen MR) is 629 cm³/mol. The number of aromatic amines is 1. The van der Waals surface area contributed by atoms with Crippen LogP contribution >= 0.6 is 197 Å². The number of fused-ring (bicyclic) bond motifs is 7. The Kier molecular flexibility index (Phi) is 89.6. The van der Waals surface area contributed by atoms with Crippen molar-refractivity contribution in [3.8, 4) is 10.8 Å². The Morgan fingerprint density at radius 1 is 0.569 bits per heavy atom. The third-order valence-electron chi connectivity index (χ3n) is 18.4. The third kappa shape index (κ3) is 52.8. The Bertz CT molecular complexity index is 6670. The SMILES string of the molecule is BrCc1ccc(Br)c2ccccc12.C.C.C.C.CCOC(=O)CCl.CCOC(=O)CSc1nncn1Cc1ccc(Br)c2ccccc12.Cc1ccc(Br)c2ccccc12.Cc1cccc2ccccc12.F.N#CSCc1ccc(Br)c2ccccc12.N#C[S-].NNC=O.O=CNCC(=S)CCc1ccc(Br)c2ccccc12.O=CO[O-].S=c1[nH]ncn1Cc1ccc(Br)c2ccccc12.[2HH].[B]=NS.[B]=NS.[H-].[K+].[Na+].[Na+]. The van der Waals surface area contributed by atoms with Crippen molar-refractivity contribution >= 4 is 336 Å². The molecule has 5 N–H and O–H groups in total. The maximum atomic E-state index is 11.5. The Labute approximate surface area is 1030 Å². The van der Waals surface area contributed by atoms with E-state index in [1.807, 2.05) is 69.8 Å². The molecule has 0 aliphatic heterocycles. The molecule has 746 valence electrons. The summed E-state index contributed by atoms with van der Waals surface area (Å²) in [5, 5.41) is 64.1. The summed E-state index contributed by atoms with van der Waals surface area (Å²) >= 11 is 53.0. The van der Waals surface area contributed by atoms with Gasteiger partial charge in [0.2, 0.25) is 12.8 Å². The van der Waals surface area contributed by atoms with Crippen LogP contribution in [0.25, 0.3) is 75.4 Å². The zero-order valence-electron chi connectivity index (χ0n) is 77.8. The van der Waals surface area contributed by atoms with Crippen molar-refractivity contribution in [2.75, 3.05) is 31.4 Å². The molecule has 0 aliphatic rings. The number of nitriles is 2. The number of ether oxygens (including phenoxy) is 2. The van der Waals surface area contributed by atoms with E-state index in [9.17, 15) is 14.4 Å². The largest absolute Gasteiger partial charge is 1.00 e. The van der Waals surface area contributed by atoms with Crippen LogP contribution in [0.5, 0.6) is 0 Å². The number of thiol groups is 2. The molecular formula is C101H109B2Br7ClFKN13Na2O9S7. The van der Waals surface area contributed by atoms with E-state index in [1.54, 1.807) is 31.9 Å². The van der Waals surface area contributed by atoms with Gasteiger partial charge >= 0.3 is 172 Å². The van der Waals surface area contributed by atoms with Gasteiger partial charge in [0.1, 0.15) is 23.9 Å². The van der Waals surface area contributed by atoms with Crippen LogP contribution in [-0.2, 0) is 81.6 Å². The van der Waals surface area contributed by atoms with E-state index in [0.717, 1.165) is 57.7 Å². The first kappa shape index (κ1) is 147. The number of thiocarbonyl (C=S) groups is 1. The van der Waals surface area contributed by atoms with Crippen molar-refractivity contribution in [2.24, 2.45) is 14.4 Å². The Morgan fingerprint density at radius 2 is 0.910 bits per heavy atom. The molecular weight excluding hydrogens is 2480 g/mol. The number of aryl methyl sites for hydroxylation is 3. The number of hydrogen-bond acceptors (Lipinski definition) is 24. The van der Waals surface area contributed by atoms with Gasteiger partial charge in [-0.15, -0.1) is 21.8 Å². The molecule has 2 heterocycles. The number of esters is 2. The number of carbonyl (C=O) groups is 5. The number of H-pyrrole nitrogens is 1. The van der Waals surface area contributed by atoms with Crippen LogP contribution in [0.3, 0.4) is 0 Å². The molecule has 144 heavy (non-hydrogen) atoms. The average Bonchev–Trinajstić information content (AvgIpc) is 1.33. The van der Waals surface area contributed by atoms with Gasteiger partial charge in [0.25, 0.3) is 6.47 Å². The first-order chi connectivity index (χ1) is 65.9. The molecule has 43 heteroatoms. The molecule has 2 radical (unpaired) electrons. The maximum Gasteiger partial charge on any atom is 1.00 e. The molecule has 0 fully saturated rings. The van der Waals surface area contributed by atoms with E-state index in [4.69, 9.17) is 66.1 Å². The van der Waals surface area contributed by atoms with Gasteiger partial charge in [-0.05, 0) is 215 Å². The number of alkyl halides is 2. The summed E-state index contributed by atoms with van der Waals surface area (Å²) in [6.45, 7) is 10.3. The van der Waals surface area contributed by atoms with Crippen molar-refractivity contribution in [1.29, 1.82) is 10.5 Å². The fraction of sp³-hybridized carbons (Fsp3) is 0.188. The summed E-state index contributed by atoms with van der Waals surface area (Å²) in [7, 11) is 8.67. The van der Waals surface area contributed by atoms with E-state index in [1.165, 1.54) is 148 Å². The minimum absolute atomic E-state index is 0. The van der Waals surface area contributed by atoms with Crippen LogP contribution in [0.15, 0.2) is 314 Å². The first-order valence-electron chi connectivity index (χ1n) is 40.2. The van der Waals surface area contributed by atoms with Crippen molar-refractivity contribution in [3.05, 3.63) is 344 Å². The topological polar surface area (TPSA) is 323 Å². The molecule has 0 bridgehead atoms. The number of nitrogens with two attached hydrogens (primary N) is 1. The molecule has 16 aromatic rings. The van der Waals surface area contributed by atoms with Gasteiger partial charge in [0.05, 0.1) is 32.1 Å². The van der Waals surface area contributed by atoms with Crippen LogP contribution < -0.4 is 132 Å². The third-order valence-corrected chi connectivity index (χ3v) is 25.6. The Morgan fingerprint density at radius 3 is 1.28 bits per heavy atom. The van der Waals surface area contributed by atoms with Crippen LogP contribution in [0.2, 0.25) is 0 Å². The summed E-state index contributed by atoms with van der Waals surface area (Å²) in [5.41, 5.74) is 10.7.